The van der Waals surface area contributed by atoms with Crippen molar-refractivity contribution in [2.75, 3.05) is 13.2 Å². The van der Waals surface area contributed by atoms with E-state index in [0.717, 1.165) is 10.2 Å². The van der Waals surface area contributed by atoms with Crippen molar-refractivity contribution >= 4 is 5.97 Å². The van der Waals surface area contributed by atoms with Gasteiger partial charge in [-0.15, -0.1) is 5.10 Å². The van der Waals surface area contributed by atoms with E-state index in [9.17, 15) is 14.0 Å². The standard InChI is InChI=1S/C19H17FN2O5/c1-13-3-2-4-16(11-13)25-9-10-26-17(23)12-22-19(24)27-18(21-22)14-5-7-15(20)8-6-14/h2-8,11H,9-10,12H2,1H3. The molecule has 7 nitrogen and oxygen atoms in total. The Kier molecular flexibility index (Phi) is 5.65. The van der Waals surface area contributed by atoms with Crippen LogP contribution in [0.5, 0.6) is 5.75 Å². The maximum Gasteiger partial charge on any atom is 0.437 e. The lowest BCUT2D eigenvalue weighted by atomic mass is 10.2. The number of carbonyl (C=O) groups is 1. The van der Waals surface area contributed by atoms with Crippen LogP contribution in [0, 0.1) is 12.7 Å². The van der Waals surface area contributed by atoms with E-state index >= 15 is 0 Å². The highest BCUT2D eigenvalue weighted by atomic mass is 19.1. The lowest BCUT2D eigenvalue weighted by Gasteiger charge is -2.07. The number of ether oxygens (including phenoxy) is 2. The first-order valence-electron chi connectivity index (χ1n) is 8.20. The van der Waals surface area contributed by atoms with Gasteiger partial charge in [-0.3, -0.25) is 4.79 Å². The molecule has 2 aromatic carbocycles. The van der Waals surface area contributed by atoms with Crippen molar-refractivity contribution in [2.45, 2.75) is 13.5 Å². The highest BCUT2D eigenvalue weighted by Gasteiger charge is 2.14. The molecule has 1 heterocycles. The van der Waals surface area contributed by atoms with E-state index in [1.165, 1.54) is 24.3 Å². The van der Waals surface area contributed by atoms with Gasteiger partial charge >= 0.3 is 11.7 Å². The summed E-state index contributed by atoms with van der Waals surface area (Å²) >= 11 is 0. The molecule has 0 spiro atoms. The van der Waals surface area contributed by atoms with Crippen LogP contribution in [-0.4, -0.2) is 29.0 Å². The molecule has 27 heavy (non-hydrogen) atoms. The summed E-state index contributed by atoms with van der Waals surface area (Å²) < 4.78 is 29.3. The van der Waals surface area contributed by atoms with Crippen LogP contribution < -0.4 is 10.5 Å². The third kappa shape index (κ3) is 5.04. The Morgan fingerprint density at radius 3 is 2.70 bits per heavy atom. The van der Waals surface area contributed by atoms with Crippen molar-refractivity contribution in [2.24, 2.45) is 0 Å². The van der Waals surface area contributed by atoms with Crippen LogP contribution in [0.4, 0.5) is 4.39 Å². The zero-order chi connectivity index (χ0) is 19.2. The lowest BCUT2D eigenvalue weighted by molar-refractivity contribution is -0.145. The summed E-state index contributed by atoms with van der Waals surface area (Å²) in [5.74, 6) is -1.19. The molecule has 3 aromatic rings. The molecule has 0 aliphatic heterocycles. The second kappa shape index (κ2) is 8.31. The smallest absolute Gasteiger partial charge is 0.437 e. The first-order chi connectivity index (χ1) is 13.0. The molecule has 0 amide bonds. The molecular weight excluding hydrogens is 355 g/mol. The molecular formula is C19H17FN2O5. The molecule has 0 fully saturated rings. The van der Waals surface area contributed by atoms with Crippen LogP contribution in [0.1, 0.15) is 5.56 Å². The Morgan fingerprint density at radius 2 is 1.96 bits per heavy atom. The number of halogens is 1. The van der Waals surface area contributed by atoms with Gasteiger partial charge in [-0.1, -0.05) is 12.1 Å². The molecule has 8 heteroatoms. The second-order valence-corrected chi connectivity index (χ2v) is 5.72. The summed E-state index contributed by atoms with van der Waals surface area (Å²) in [5.41, 5.74) is 1.49. The first kappa shape index (κ1) is 18.4. The maximum atomic E-state index is 12.9. The molecule has 0 aliphatic carbocycles. The van der Waals surface area contributed by atoms with Gasteiger partial charge in [0, 0.05) is 5.56 Å². The van der Waals surface area contributed by atoms with Gasteiger partial charge in [0.1, 0.15) is 31.3 Å². The number of aromatic nitrogens is 2. The van der Waals surface area contributed by atoms with Gasteiger partial charge in [0.05, 0.1) is 0 Å². The van der Waals surface area contributed by atoms with E-state index in [1.54, 1.807) is 6.07 Å². The van der Waals surface area contributed by atoms with Crippen molar-refractivity contribution in [3.63, 3.8) is 0 Å². The molecule has 0 aliphatic rings. The van der Waals surface area contributed by atoms with Crippen LogP contribution in [0.25, 0.3) is 11.5 Å². The fourth-order valence-electron chi connectivity index (χ4n) is 2.30. The Hall–Kier alpha value is -3.42. The van der Waals surface area contributed by atoms with Crippen LogP contribution in [0.15, 0.2) is 57.7 Å². The summed E-state index contributed by atoms with van der Waals surface area (Å²) in [7, 11) is 0. The van der Waals surface area contributed by atoms with E-state index in [1.807, 2.05) is 25.1 Å². The largest absolute Gasteiger partial charge is 0.490 e. The third-order valence-electron chi connectivity index (χ3n) is 3.58. The van der Waals surface area contributed by atoms with E-state index in [4.69, 9.17) is 13.9 Å². The second-order valence-electron chi connectivity index (χ2n) is 5.72. The minimum atomic E-state index is -0.803. The molecule has 0 saturated carbocycles. The molecule has 0 bridgehead atoms. The average molecular weight is 372 g/mol. The Morgan fingerprint density at radius 1 is 1.19 bits per heavy atom. The van der Waals surface area contributed by atoms with Crippen molar-refractivity contribution < 1.29 is 23.1 Å². The highest BCUT2D eigenvalue weighted by Crippen LogP contribution is 2.15. The molecule has 1 aromatic heterocycles. The van der Waals surface area contributed by atoms with E-state index in [0.29, 0.717) is 11.3 Å². The minimum absolute atomic E-state index is 0.00409. The number of carbonyl (C=O) groups excluding carboxylic acids is 1. The predicted octanol–water partition coefficient (Wildman–Crippen LogP) is 2.57. The summed E-state index contributed by atoms with van der Waals surface area (Å²) in [4.78, 5) is 23.6. The number of aryl methyl sites for hydroxylation is 1. The molecule has 0 N–H and O–H groups in total. The van der Waals surface area contributed by atoms with Crippen LogP contribution in [0.3, 0.4) is 0 Å². The molecule has 140 valence electrons. The van der Waals surface area contributed by atoms with Crippen molar-refractivity contribution in [1.82, 2.24) is 9.78 Å². The van der Waals surface area contributed by atoms with Crippen LogP contribution in [0.2, 0.25) is 0 Å². The summed E-state index contributed by atoms with van der Waals surface area (Å²) in [6.07, 6.45) is 0. The SMILES string of the molecule is Cc1cccc(OCCOC(=O)Cn2nc(-c3ccc(F)cc3)oc2=O)c1. The Balaban J connectivity index is 1.50. The van der Waals surface area contributed by atoms with Gasteiger partial charge in [0.15, 0.2) is 0 Å². The quantitative estimate of drug-likeness (QED) is 0.468. The predicted molar refractivity (Wildman–Crippen MR) is 93.8 cm³/mol. The molecule has 0 atom stereocenters. The Labute approximate surface area is 153 Å². The van der Waals surface area contributed by atoms with Gasteiger partial charge in [-0.2, -0.15) is 4.68 Å². The van der Waals surface area contributed by atoms with Crippen molar-refractivity contribution in [3.05, 3.63) is 70.5 Å². The molecule has 3 rings (SSSR count). The van der Waals surface area contributed by atoms with E-state index in [-0.39, 0.29) is 19.1 Å². The summed E-state index contributed by atoms with van der Waals surface area (Å²) in [5, 5.41) is 3.92. The summed E-state index contributed by atoms with van der Waals surface area (Å²) in [6.45, 7) is 1.77. The van der Waals surface area contributed by atoms with Crippen molar-refractivity contribution in [3.8, 4) is 17.2 Å². The third-order valence-corrected chi connectivity index (χ3v) is 3.58. The monoisotopic (exact) mass is 372 g/mol. The van der Waals surface area contributed by atoms with Gasteiger partial charge in [0.2, 0.25) is 5.89 Å². The highest BCUT2D eigenvalue weighted by molar-refractivity contribution is 5.69. The zero-order valence-corrected chi connectivity index (χ0v) is 14.6. The zero-order valence-electron chi connectivity index (χ0n) is 14.6. The van der Waals surface area contributed by atoms with E-state index < -0.39 is 24.1 Å². The number of esters is 1. The topological polar surface area (TPSA) is 83.6 Å². The fraction of sp³-hybridized carbons (Fsp3) is 0.211. The normalized spacial score (nSPS) is 10.6. The first-order valence-corrected chi connectivity index (χ1v) is 8.20. The van der Waals surface area contributed by atoms with Gasteiger partial charge in [-0.25, -0.2) is 9.18 Å². The lowest BCUT2D eigenvalue weighted by Crippen LogP contribution is -2.24. The van der Waals surface area contributed by atoms with E-state index in [2.05, 4.69) is 5.10 Å². The van der Waals surface area contributed by atoms with Gasteiger partial charge in [-0.05, 0) is 48.9 Å². The number of hydrogen-bond acceptors (Lipinski definition) is 6. The number of nitrogens with zero attached hydrogens (tertiary/aromatic N) is 2. The fourth-order valence-corrected chi connectivity index (χ4v) is 2.30. The number of rotatable bonds is 7. The van der Waals surface area contributed by atoms with Crippen molar-refractivity contribution in [1.29, 1.82) is 0 Å². The number of hydrogen-bond donors (Lipinski definition) is 0. The maximum absolute atomic E-state index is 12.9. The summed E-state index contributed by atoms with van der Waals surface area (Å²) in [6, 6.07) is 12.8. The molecule has 0 saturated heterocycles. The molecule has 0 radical (unpaired) electrons. The Bertz CT molecular complexity index is 978. The van der Waals surface area contributed by atoms with Gasteiger partial charge < -0.3 is 13.9 Å². The molecule has 0 unspecified atom stereocenters. The average Bonchev–Trinajstić information content (AvgIpc) is 3.00. The van der Waals surface area contributed by atoms with Crippen LogP contribution >= 0.6 is 0 Å². The minimum Gasteiger partial charge on any atom is -0.490 e. The van der Waals surface area contributed by atoms with Gasteiger partial charge in [0.25, 0.3) is 0 Å². The number of benzene rings is 2. The van der Waals surface area contributed by atoms with Crippen LogP contribution in [-0.2, 0) is 16.1 Å².